The molecule has 0 atom stereocenters. The number of hydrogen-bond donors (Lipinski definition) is 0. The summed E-state index contributed by atoms with van der Waals surface area (Å²) in [6.45, 7) is 0. The topological polar surface area (TPSA) is 23.8 Å². The molecule has 0 aromatic carbocycles. The van der Waals surface area contributed by atoms with Crippen molar-refractivity contribution >= 4 is 11.3 Å². The van der Waals surface area contributed by atoms with E-state index in [0.717, 1.165) is 12.8 Å². The van der Waals surface area contributed by atoms with Gasteiger partial charge in [-0.3, -0.25) is 0 Å². The number of rotatable bonds is 1. The smallest absolute Gasteiger partial charge is 0.0914 e. The molecular formula is C12H13NS. The summed E-state index contributed by atoms with van der Waals surface area (Å²) in [5.74, 6) is 0. The van der Waals surface area contributed by atoms with E-state index in [0.29, 0.717) is 0 Å². The van der Waals surface area contributed by atoms with Gasteiger partial charge < -0.3 is 0 Å². The molecule has 3 rings (SSSR count). The maximum absolute atomic E-state index is 9.24. The number of nitriles is 1. The molecule has 1 fully saturated rings. The Bertz CT molecular complexity index is 385. The van der Waals surface area contributed by atoms with E-state index in [4.69, 9.17) is 0 Å². The average molecular weight is 203 g/mol. The van der Waals surface area contributed by atoms with Crippen molar-refractivity contribution in [3.05, 3.63) is 21.4 Å². The molecule has 0 saturated heterocycles. The van der Waals surface area contributed by atoms with Crippen molar-refractivity contribution in [2.24, 2.45) is 0 Å². The van der Waals surface area contributed by atoms with Gasteiger partial charge in [-0.2, -0.15) is 5.26 Å². The second-order valence-electron chi connectivity index (χ2n) is 4.46. The lowest BCUT2D eigenvalue weighted by Gasteiger charge is -2.34. The third-order valence-corrected chi connectivity index (χ3v) is 5.08. The lowest BCUT2D eigenvalue weighted by Crippen LogP contribution is -2.31. The van der Waals surface area contributed by atoms with E-state index in [9.17, 15) is 5.26 Å². The molecule has 72 valence electrons. The number of aryl methyl sites for hydroxylation is 2. The molecule has 0 amide bonds. The SMILES string of the molecule is N#CC1(c2cc3c(s2)CCC3)CCC1. The lowest BCUT2D eigenvalue weighted by atomic mass is 9.69. The van der Waals surface area contributed by atoms with Gasteiger partial charge in [0.15, 0.2) is 0 Å². The predicted octanol–water partition coefficient (Wildman–Crippen LogP) is 3.18. The van der Waals surface area contributed by atoms with E-state index < -0.39 is 0 Å². The van der Waals surface area contributed by atoms with E-state index in [1.54, 1.807) is 4.88 Å². The van der Waals surface area contributed by atoms with Crippen LogP contribution in [0.25, 0.3) is 0 Å². The van der Waals surface area contributed by atoms with Crippen LogP contribution in [0, 0.1) is 11.3 Å². The number of hydrogen-bond acceptors (Lipinski definition) is 2. The van der Waals surface area contributed by atoms with E-state index in [2.05, 4.69) is 12.1 Å². The van der Waals surface area contributed by atoms with Crippen LogP contribution in [0.4, 0.5) is 0 Å². The summed E-state index contributed by atoms with van der Waals surface area (Å²) in [5.41, 5.74) is 1.46. The van der Waals surface area contributed by atoms with Crippen molar-refractivity contribution in [2.45, 2.75) is 43.9 Å². The van der Waals surface area contributed by atoms with Crippen LogP contribution < -0.4 is 0 Å². The first-order valence-corrected chi connectivity index (χ1v) is 6.19. The van der Waals surface area contributed by atoms with Crippen molar-refractivity contribution in [3.63, 3.8) is 0 Å². The Morgan fingerprint density at radius 2 is 2.14 bits per heavy atom. The summed E-state index contributed by atoms with van der Waals surface area (Å²) in [5, 5.41) is 9.24. The van der Waals surface area contributed by atoms with Gasteiger partial charge in [0.1, 0.15) is 0 Å². The molecule has 1 heterocycles. The van der Waals surface area contributed by atoms with Gasteiger partial charge in [-0.25, -0.2) is 0 Å². The first-order chi connectivity index (χ1) is 6.84. The maximum Gasteiger partial charge on any atom is 0.0914 e. The second-order valence-corrected chi connectivity index (χ2v) is 5.60. The molecule has 1 aromatic heterocycles. The summed E-state index contributed by atoms with van der Waals surface area (Å²) < 4.78 is 0. The van der Waals surface area contributed by atoms with Gasteiger partial charge >= 0.3 is 0 Å². The van der Waals surface area contributed by atoms with Crippen LogP contribution >= 0.6 is 11.3 Å². The van der Waals surface area contributed by atoms with Gasteiger partial charge in [0.05, 0.1) is 11.5 Å². The molecule has 0 radical (unpaired) electrons. The van der Waals surface area contributed by atoms with Crippen molar-refractivity contribution in [1.82, 2.24) is 0 Å². The highest BCUT2D eigenvalue weighted by molar-refractivity contribution is 7.12. The zero-order valence-electron chi connectivity index (χ0n) is 8.18. The fourth-order valence-electron chi connectivity index (χ4n) is 2.51. The first kappa shape index (κ1) is 8.49. The van der Waals surface area contributed by atoms with Crippen molar-refractivity contribution < 1.29 is 0 Å². The second kappa shape index (κ2) is 2.84. The highest BCUT2D eigenvalue weighted by Gasteiger charge is 2.41. The predicted molar refractivity (Wildman–Crippen MR) is 57.5 cm³/mol. The summed E-state index contributed by atoms with van der Waals surface area (Å²) in [7, 11) is 0. The van der Waals surface area contributed by atoms with E-state index >= 15 is 0 Å². The normalized spacial score (nSPS) is 22.5. The molecule has 0 bridgehead atoms. The third-order valence-electron chi connectivity index (χ3n) is 3.64. The molecule has 1 aromatic rings. The molecule has 0 unspecified atom stereocenters. The van der Waals surface area contributed by atoms with Gasteiger partial charge in [-0.15, -0.1) is 11.3 Å². The fraction of sp³-hybridized carbons (Fsp3) is 0.583. The molecule has 14 heavy (non-hydrogen) atoms. The Labute approximate surface area is 88.4 Å². The molecule has 2 aliphatic rings. The Morgan fingerprint density at radius 3 is 2.71 bits per heavy atom. The van der Waals surface area contributed by atoms with Gasteiger partial charge in [-0.05, 0) is 50.2 Å². The van der Waals surface area contributed by atoms with Crippen LogP contribution in [0.1, 0.15) is 41.0 Å². The Kier molecular flexibility index (Phi) is 1.72. The molecule has 0 aliphatic heterocycles. The maximum atomic E-state index is 9.24. The summed E-state index contributed by atoms with van der Waals surface area (Å²) in [4.78, 5) is 2.91. The number of nitrogens with zero attached hydrogens (tertiary/aromatic N) is 1. The van der Waals surface area contributed by atoms with E-state index in [-0.39, 0.29) is 5.41 Å². The quantitative estimate of drug-likeness (QED) is 0.687. The van der Waals surface area contributed by atoms with Crippen LogP contribution in [-0.4, -0.2) is 0 Å². The van der Waals surface area contributed by atoms with Crippen LogP contribution in [0.2, 0.25) is 0 Å². The molecule has 2 aliphatic carbocycles. The van der Waals surface area contributed by atoms with Gasteiger partial charge in [0, 0.05) is 9.75 Å². The minimum Gasteiger partial charge on any atom is -0.197 e. The highest BCUT2D eigenvalue weighted by atomic mass is 32.1. The van der Waals surface area contributed by atoms with Crippen molar-refractivity contribution in [1.29, 1.82) is 5.26 Å². The van der Waals surface area contributed by atoms with Crippen molar-refractivity contribution in [3.8, 4) is 6.07 Å². The largest absolute Gasteiger partial charge is 0.197 e. The summed E-state index contributed by atoms with van der Waals surface area (Å²) in [6, 6.07) is 4.85. The van der Waals surface area contributed by atoms with Crippen LogP contribution in [-0.2, 0) is 18.3 Å². The molecule has 1 saturated carbocycles. The Balaban J connectivity index is 2.01. The Morgan fingerprint density at radius 1 is 1.29 bits per heavy atom. The molecule has 1 nitrogen and oxygen atoms in total. The van der Waals surface area contributed by atoms with Crippen LogP contribution in [0.5, 0.6) is 0 Å². The highest BCUT2D eigenvalue weighted by Crippen LogP contribution is 2.47. The van der Waals surface area contributed by atoms with E-state index in [1.807, 2.05) is 11.3 Å². The molecule has 0 spiro atoms. The van der Waals surface area contributed by atoms with Gasteiger partial charge in [-0.1, -0.05) is 0 Å². The fourth-order valence-corrected chi connectivity index (χ4v) is 3.96. The standard InChI is InChI=1S/C12H13NS/c13-8-12(5-2-6-12)11-7-9-3-1-4-10(9)14-11/h7H,1-6H2. The minimum atomic E-state index is -0.0744. The van der Waals surface area contributed by atoms with Gasteiger partial charge in [0.25, 0.3) is 0 Å². The van der Waals surface area contributed by atoms with Crippen molar-refractivity contribution in [2.75, 3.05) is 0 Å². The van der Waals surface area contributed by atoms with Crippen LogP contribution in [0.15, 0.2) is 6.07 Å². The molecular weight excluding hydrogens is 190 g/mol. The zero-order valence-corrected chi connectivity index (χ0v) is 8.99. The molecule has 2 heteroatoms. The summed E-state index contributed by atoms with van der Waals surface area (Å²) >= 11 is 1.91. The average Bonchev–Trinajstić information content (AvgIpc) is 2.62. The number of fused-ring (bicyclic) bond motifs is 1. The van der Waals surface area contributed by atoms with Gasteiger partial charge in [0.2, 0.25) is 0 Å². The number of thiophene rings is 1. The van der Waals surface area contributed by atoms with E-state index in [1.165, 1.54) is 36.1 Å². The monoisotopic (exact) mass is 203 g/mol. The lowest BCUT2D eigenvalue weighted by molar-refractivity contribution is 0.330. The summed E-state index contributed by atoms with van der Waals surface area (Å²) in [6.07, 6.45) is 7.22. The first-order valence-electron chi connectivity index (χ1n) is 5.37. The molecule has 0 N–H and O–H groups in total. The van der Waals surface area contributed by atoms with Crippen LogP contribution in [0.3, 0.4) is 0 Å². The Hall–Kier alpha value is -0.810. The third kappa shape index (κ3) is 0.994. The zero-order chi connectivity index (χ0) is 9.60. The minimum absolute atomic E-state index is 0.0744.